The highest BCUT2D eigenvalue weighted by Crippen LogP contribution is 2.32. The lowest BCUT2D eigenvalue weighted by Gasteiger charge is -2.14. The largest absolute Gasteiger partial charge is 0.490 e. The summed E-state index contributed by atoms with van der Waals surface area (Å²) in [6.07, 6.45) is 0. The van der Waals surface area contributed by atoms with Crippen molar-refractivity contribution in [1.82, 2.24) is 16.2 Å². The van der Waals surface area contributed by atoms with Crippen LogP contribution in [0.25, 0.3) is 10.8 Å². The second kappa shape index (κ2) is 12.1. The van der Waals surface area contributed by atoms with Crippen molar-refractivity contribution in [3.63, 3.8) is 0 Å². The van der Waals surface area contributed by atoms with Gasteiger partial charge in [0.1, 0.15) is 18.1 Å². The molecule has 172 valence electrons. The van der Waals surface area contributed by atoms with Gasteiger partial charge in [0.05, 0.1) is 16.6 Å². The molecule has 0 radical (unpaired) electrons. The van der Waals surface area contributed by atoms with Crippen LogP contribution in [0.5, 0.6) is 11.5 Å². The number of carbonyl (C=O) groups is 2. The number of rotatable bonds is 8. The number of para-hydroxylation sites is 1. The second-order valence-corrected chi connectivity index (χ2v) is 7.88. The van der Waals surface area contributed by atoms with Gasteiger partial charge in [0.15, 0.2) is 11.7 Å². The number of hydrogen-bond donors (Lipinski definition) is 3. The molecule has 0 aliphatic rings. The average molecular weight is 532 g/mol. The molecule has 8 nitrogen and oxygen atoms in total. The molecule has 0 aliphatic heterocycles. The molecule has 3 rings (SSSR count). The van der Waals surface area contributed by atoms with Crippen molar-refractivity contribution in [3.05, 3.63) is 70.7 Å². The highest BCUT2D eigenvalue weighted by atomic mass is 79.9. The summed E-state index contributed by atoms with van der Waals surface area (Å²) in [6, 6.07) is 18.2. The Bertz CT molecular complexity index is 1160. The Hall–Kier alpha value is -3.21. The molecule has 33 heavy (non-hydrogen) atoms. The lowest BCUT2D eigenvalue weighted by atomic mass is 10.1. The third kappa shape index (κ3) is 6.88. The van der Waals surface area contributed by atoms with Crippen LogP contribution >= 0.6 is 28.1 Å². The van der Waals surface area contributed by atoms with Crippen molar-refractivity contribution < 1.29 is 23.8 Å². The van der Waals surface area contributed by atoms with Crippen LogP contribution < -0.4 is 25.6 Å². The molecule has 0 aliphatic carbocycles. The molecule has 2 amide bonds. The number of nitrogens with one attached hydrogen (secondary N) is 3. The molecule has 3 N–H and O–H groups in total. The number of amides is 2. The Labute approximate surface area is 204 Å². The van der Waals surface area contributed by atoms with Crippen molar-refractivity contribution in [2.75, 3.05) is 26.9 Å². The summed E-state index contributed by atoms with van der Waals surface area (Å²) in [5.41, 5.74) is 5.17. The van der Waals surface area contributed by atoms with E-state index in [2.05, 4.69) is 32.1 Å². The van der Waals surface area contributed by atoms with E-state index in [0.29, 0.717) is 30.3 Å². The third-order valence-electron chi connectivity index (χ3n) is 4.41. The standard InChI is InChI=1S/C23H22BrN3O5S/c1-30-12-13-31-18-9-5-4-8-17(18)22(29)25-23(33)27-26-20(28)14-32-19-11-10-15-6-2-3-7-16(15)21(19)24/h2-11H,12-14H2,1H3,(H,26,28)(H2,25,27,29,33). The minimum Gasteiger partial charge on any atom is -0.490 e. The maximum atomic E-state index is 12.5. The second-order valence-electron chi connectivity index (χ2n) is 6.68. The molecule has 10 heteroatoms. The fourth-order valence-corrected chi connectivity index (χ4v) is 3.60. The van der Waals surface area contributed by atoms with Gasteiger partial charge in [-0.1, -0.05) is 42.5 Å². The fraction of sp³-hybridized carbons (Fsp3) is 0.174. The van der Waals surface area contributed by atoms with Gasteiger partial charge in [-0.2, -0.15) is 0 Å². The van der Waals surface area contributed by atoms with E-state index in [1.807, 2.05) is 30.3 Å². The van der Waals surface area contributed by atoms with Crippen molar-refractivity contribution in [1.29, 1.82) is 0 Å². The number of halogens is 1. The van der Waals surface area contributed by atoms with E-state index in [1.165, 1.54) is 0 Å². The van der Waals surface area contributed by atoms with E-state index >= 15 is 0 Å². The average Bonchev–Trinajstić information content (AvgIpc) is 2.83. The topological polar surface area (TPSA) is 97.9 Å². The van der Waals surface area contributed by atoms with Crippen LogP contribution in [0.3, 0.4) is 0 Å². The highest BCUT2D eigenvalue weighted by Gasteiger charge is 2.14. The van der Waals surface area contributed by atoms with Crippen LogP contribution in [-0.2, 0) is 9.53 Å². The summed E-state index contributed by atoms with van der Waals surface area (Å²) in [5.74, 6) is -0.0286. The predicted molar refractivity (Wildman–Crippen MR) is 132 cm³/mol. The minimum atomic E-state index is -0.480. The van der Waals surface area contributed by atoms with Gasteiger partial charge in [-0.15, -0.1) is 0 Å². The molecule has 3 aromatic rings. The summed E-state index contributed by atoms with van der Waals surface area (Å²) in [6.45, 7) is 0.434. The zero-order valence-electron chi connectivity index (χ0n) is 17.7. The first kappa shape index (κ1) is 24.4. The minimum absolute atomic E-state index is 0.0769. The molecule has 0 aromatic heterocycles. The van der Waals surface area contributed by atoms with E-state index in [4.69, 9.17) is 26.4 Å². The third-order valence-corrected chi connectivity index (χ3v) is 5.43. The number of hydrogen-bond acceptors (Lipinski definition) is 6. The van der Waals surface area contributed by atoms with E-state index in [-0.39, 0.29) is 11.7 Å². The van der Waals surface area contributed by atoms with Gasteiger partial charge < -0.3 is 14.2 Å². The zero-order valence-corrected chi connectivity index (χ0v) is 20.1. The number of fused-ring (bicyclic) bond motifs is 1. The molecule has 0 spiro atoms. The Balaban J connectivity index is 1.48. The van der Waals surface area contributed by atoms with Gasteiger partial charge in [0, 0.05) is 7.11 Å². The zero-order chi connectivity index (χ0) is 23.6. The number of ether oxygens (including phenoxy) is 3. The first-order valence-corrected chi connectivity index (χ1v) is 11.1. The maximum absolute atomic E-state index is 12.5. The van der Waals surface area contributed by atoms with Crippen molar-refractivity contribution in [3.8, 4) is 11.5 Å². The Morgan fingerprint density at radius 3 is 2.48 bits per heavy atom. The van der Waals surface area contributed by atoms with E-state index in [1.54, 1.807) is 37.4 Å². The summed E-state index contributed by atoms with van der Waals surface area (Å²) in [7, 11) is 1.56. The monoisotopic (exact) mass is 531 g/mol. The molecule has 0 bridgehead atoms. The van der Waals surface area contributed by atoms with Crippen LogP contribution in [0.4, 0.5) is 0 Å². The van der Waals surface area contributed by atoms with Gasteiger partial charge in [0.2, 0.25) is 0 Å². The summed E-state index contributed by atoms with van der Waals surface area (Å²) in [5, 5.41) is 4.44. The number of carbonyl (C=O) groups excluding carboxylic acids is 2. The normalized spacial score (nSPS) is 10.4. The Kier molecular flexibility index (Phi) is 8.99. The number of methoxy groups -OCH3 is 1. The number of benzene rings is 3. The van der Waals surface area contributed by atoms with Crippen molar-refractivity contribution in [2.24, 2.45) is 0 Å². The van der Waals surface area contributed by atoms with Crippen LogP contribution in [0, 0.1) is 0 Å². The van der Waals surface area contributed by atoms with Crippen LogP contribution in [0.1, 0.15) is 10.4 Å². The SMILES string of the molecule is COCCOc1ccccc1C(=O)NC(=S)NNC(=O)COc1ccc2ccccc2c1Br. The molecule has 0 heterocycles. The molecule has 0 atom stereocenters. The lowest BCUT2D eigenvalue weighted by Crippen LogP contribution is -2.49. The Morgan fingerprint density at radius 1 is 0.909 bits per heavy atom. The molecule has 0 fully saturated rings. The van der Waals surface area contributed by atoms with E-state index in [0.717, 1.165) is 15.2 Å². The maximum Gasteiger partial charge on any atom is 0.276 e. The smallest absolute Gasteiger partial charge is 0.276 e. The molecule has 0 unspecified atom stereocenters. The lowest BCUT2D eigenvalue weighted by molar-refractivity contribution is -0.123. The summed E-state index contributed by atoms with van der Waals surface area (Å²) < 4.78 is 16.9. The van der Waals surface area contributed by atoms with Crippen LogP contribution in [-0.4, -0.2) is 43.9 Å². The number of thiocarbonyl (C=S) groups is 1. The number of hydrazine groups is 1. The van der Waals surface area contributed by atoms with E-state index in [9.17, 15) is 9.59 Å². The van der Waals surface area contributed by atoms with Crippen molar-refractivity contribution in [2.45, 2.75) is 0 Å². The van der Waals surface area contributed by atoms with Gasteiger partial charge >= 0.3 is 0 Å². The molecular weight excluding hydrogens is 510 g/mol. The molecular formula is C23H22BrN3O5S. The quantitative estimate of drug-likeness (QED) is 0.233. The summed E-state index contributed by atoms with van der Waals surface area (Å²) >= 11 is 8.59. The highest BCUT2D eigenvalue weighted by molar-refractivity contribution is 9.10. The van der Waals surface area contributed by atoms with Crippen LogP contribution in [0.2, 0.25) is 0 Å². The van der Waals surface area contributed by atoms with Gasteiger partial charge in [-0.25, -0.2) is 0 Å². The van der Waals surface area contributed by atoms with E-state index < -0.39 is 11.8 Å². The molecule has 3 aromatic carbocycles. The van der Waals surface area contributed by atoms with Gasteiger partial charge in [-0.05, 0) is 57.1 Å². The summed E-state index contributed by atoms with van der Waals surface area (Å²) in [4.78, 5) is 24.7. The predicted octanol–water partition coefficient (Wildman–Crippen LogP) is 3.34. The first-order valence-electron chi connectivity index (χ1n) is 9.90. The van der Waals surface area contributed by atoms with Gasteiger partial charge in [-0.3, -0.25) is 25.8 Å². The Morgan fingerprint density at radius 2 is 1.67 bits per heavy atom. The molecule has 0 saturated heterocycles. The van der Waals surface area contributed by atoms with Gasteiger partial charge in [0.25, 0.3) is 11.8 Å². The van der Waals surface area contributed by atoms with Crippen molar-refractivity contribution >= 4 is 55.8 Å². The fourth-order valence-electron chi connectivity index (χ4n) is 2.85. The molecule has 0 saturated carbocycles. The van der Waals surface area contributed by atoms with Crippen LogP contribution in [0.15, 0.2) is 65.1 Å². The first-order chi connectivity index (χ1) is 16.0.